The van der Waals surface area contributed by atoms with Gasteiger partial charge in [0.25, 0.3) is 11.8 Å². The first kappa shape index (κ1) is 62.2. The average molecular weight is 1030 g/mol. The van der Waals surface area contributed by atoms with Crippen LogP contribution in [-0.2, 0) is 85.5 Å². The lowest BCUT2D eigenvalue weighted by Gasteiger charge is -2.27. The van der Waals surface area contributed by atoms with Gasteiger partial charge in [-0.25, -0.2) is 4.79 Å². The van der Waals surface area contributed by atoms with E-state index in [0.29, 0.717) is 172 Å². The Bertz CT molecular complexity index is 1700. The van der Waals surface area contributed by atoms with Gasteiger partial charge in [-0.05, 0) is 52.2 Å². The Hall–Kier alpha value is -4.08. The van der Waals surface area contributed by atoms with Crippen LogP contribution in [0.5, 0.6) is 0 Å². The van der Waals surface area contributed by atoms with Crippen molar-refractivity contribution in [1.29, 1.82) is 0 Å². The second-order valence-corrected chi connectivity index (χ2v) is 17.0. The number of fused-ring (bicyclic) bond motifs is 1. The number of amides is 5. The highest BCUT2D eigenvalue weighted by atomic mass is 16.6. The lowest BCUT2D eigenvalue weighted by Crippen LogP contribution is -2.54. The number of imide groups is 2. The van der Waals surface area contributed by atoms with Gasteiger partial charge in [-0.15, -0.1) is 0 Å². The Kier molecular flexibility index (Phi) is 34.0. The van der Waals surface area contributed by atoms with Crippen molar-refractivity contribution < 1.29 is 95.1 Å². The maximum Gasteiger partial charge on any atom is 0.332 e. The number of carbonyl (C=O) groups is 6. The lowest BCUT2D eigenvalue weighted by atomic mass is 10.0. The van der Waals surface area contributed by atoms with E-state index in [1.54, 1.807) is 32.9 Å². The minimum Gasteiger partial charge on any atom is -0.458 e. The van der Waals surface area contributed by atoms with Gasteiger partial charge in [0.15, 0.2) is 0 Å². The van der Waals surface area contributed by atoms with Crippen LogP contribution in [0.2, 0.25) is 0 Å². The molecule has 1 saturated heterocycles. The number of anilines is 1. The standard InChI is InChI=1S/C49H79N3O20/c1-49(2,3)72-44(55)38-71-37-36-70-35-34-69-33-32-68-31-30-67-29-28-66-27-26-65-25-24-64-23-22-63-21-20-62-19-18-61-17-16-60-15-14-59-13-6-4-5-10-42(53)50-40-9-7-8-39-45(40)48(58)52(47(39)57)41-11-12-43(54)51-46(41)56/h7-9,41H,4-6,10-38H2,1-3H3,(H,50,53)(H,51,54,56). The number of hydrogen-bond acceptors (Lipinski definition) is 20. The van der Waals surface area contributed by atoms with Crippen molar-refractivity contribution in [1.82, 2.24) is 10.2 Å². The molecule has 2 N–H and O–H groups in total. The third-order valence-electron chi connectivity index (χ3n) is 10.0. The number of esters is 1. The maximum atomic E-state index is 13.2. The Morgan fingerprint density at radius 2 is 0.944 bits per heavy atom. The maximum absolute atomic E-state index is 13.2. The summed E-state index contributed by atoms with van der Waals surface area (Å²) in [5.74, 6) is -3.14. The van der Waals surface area contributed by atoms with Crippen LogP contribution in [-0.4, -0.2) is 224 Å². The number of nitrogens with one attached hydrogen (secondary N) is 2. The normalized spacial score (nSPS) is 14.8. The van der Waals surface area contributed by atoms with Crippen molar-refractivity contribution >= 4 is 41.2 Å². The summed E-state index contributed by atoms with van der Waals surface area (Å²) in [7, 11) is 0. The molecule has 1 unspecified atom stereocenters. The van der Waals surface area contributed by atoms with Crippen molar-refractivity contribution in [2.24, 2.45) is 0 Å². The van der Waals surface area contributed by atoms with Gasteiger partial charge in [0.1, 0.15) is 18.2 Å². The van der Waals surface area contributed by atoms with Crippen molar-refractivity contribution in [3.8, 4) is 0 Å². The second-order valence-electron chi connectivity index (χ2n) is 17.0. The minimum atomic E-state index is -1.08. The zero-order chi connectivity index (χ0) is 51.9. The summed E-state index contributed by atoms with van der Waals surface area (Å²) in [6.45, 7) is 16.5. The van der Waals surface area contributed by atoms with E-state index in [-0.39, 0.29) is 48.6 Å². The highest BCUT2D eigenvalue weighted by molar-refractivity contribution is 6.26. The zero-order valence-electron chi connectivity index (χ0n) is 42.5. The quantitative estimate of drug-likeness (QED) is 0.0539. The molecular formula is C49H79N3O20. The van der Waals surface area contributed by atoms with Crippen LogP contribution in [0.1, 0.15) is 80.0 Å². The first-order valence-electron chi connectivity index (χ1n) is 24.8. The number of piperidine rings is 1. The van der Waals surface area contributed by atoms with Crippen molar-refractivity contribution in [3.63, 3.8) is 0 Å². The van der Waals surface area contributed by atoms with E-state index in [0.717, 1.165) is 17.7 Å². The first-order valence-corrected chi connectivity index (χ1v) is 24.8. The molecule has 0 aromatic heterocycles. The molecular weight excluding hydrogens is 951 g/mol. The lowest BCUT2D eigenvalue weighted by molar-refractivity contribution is -0.160. The minimum absolute atomic E-state index is 0.0234. The fourth-order valence-corrected chi connectivity index (χ4v) is 6.66. The number of benzene rings is 1. The smallest absolute Gasteiger partial charge is 0.332 e. The summed E-state index contributed by atoms with van der Waals surface area (Å²) in [4.78, 5) is 75.2. The first-order chi connectivity index (χ1) is 35.0. The van der Waals surface area contributed by atoms with Crippen LogP contribution in [0.15, 0.2) is 18.2 Å². The SMILES string of the molecule is CC(C)(C)OC(=O)COCCOCCOCCOCCOCCOCCOCCOCCOCCOCCOCCOCCOCCCCCC(=O)Nc1cccc2c1C(=O)N(C1CCC(=O)NC1=O)C2=O. The van der Waals surface area contributed by atoms with E-state index in [1.165, 1.54) is 6.07 Å². The Balaban J connectivity index is 0.945. The Morgan fingerprint density at radius 3 is 1.35 bits per heavy atom. The molecule has 72 heavy (non-hydrogen) atoms. The number of hydrogen-bond donors (Lipinski definition) is 2. The molecule has 5 amide bonds. The van der Waals surface area contributed by atoms with Gasteiger partial charge in [-0.2, -0.15) is 0 Å². The predicted molar refractivity (Wildman–Crippen MR) is 257 cm³/mol. The van der Waals surface area contributed by atoms with Crippen LogP contribution in [0.4, 0.5) is 5.69 Å². The largest absolute Gasteiger partial charge is 0.458 e. The molecule has 0 bridgehead atoms. The van der Waals surface area contributed by atoms with Gasteiger partial charge < -0.3 is 71.6 Å². The Morgan fingerprint density at radius 1 is 0.542 bits per heavy atom. The van der Waals surface area contributed by atoms with Crippen LogP contribution < -0.4 is 10.6 Å². The highest BCUT2D eigenvalue weighted by Crippen LogP contribution is 2.32. The van der Waals surface area contributed by atoms with Crippen molar-refractivity contribution in [2.45, 2.75) is 70.9 Å². The number of ether oxygens (including phenoxy) is 14. The Labute approximate surface area is 423 Å². The monoisotopic (exact) mass is 1030 g/mol. The molecule has 0 spiro atoms. The number of carbonyl (C=O) groups excluding carboxylic acids is 6. The van der Waals surface area contributed by atoms with E-state index in [1.807, 2.05) is 0 Å². The summed E-state index contributed by atoms with van der Waals surface area (Å²) in [5.41, 5.74) is -0.158. The number of rotatable bonds is 46. The predicted octanol–water partition coefficient (Wildman–Crippen LogP) is 2.14. The van der Waals surface area contributed by atoms with E-state index >= 15 is 0 Å². The van der Waals surface area contributed by atoms with Gasteiger partial charge in [-0.3, -0.25) is 34.2 Å². The molecule has 1 aromatic rings. The van der Waals surface area contributed by atoms with Gasteiger partial charge in [0.05, 0.1) is 175 Å². The van der Waals surface area contributed by atoms with Gasteiger partial charge in [0.2, 0.25) is 17.7 Å². The molecule has 0 saturated carbocycles. The van der Waals surface area contributed by atoms with Gasteiger partial charge in [-0.1, -0.05) is 12.5 Å². The van der Waals surface area contributed by atoms with E-state index < -0.39 is 41.2 Å². The molecule has 2 heterocycles. The zero-order valence-corrected chi connectivity index (χ0v) is 42.5. The molecule has 3 rings (SSSR count). The summed E-state index contributed by atoms with van der Waals surface area (Å²) >= 11 is 0. The summed E-state index contributed by atoms with van der Waals surface area (Å²) < 4.78 is 76.4. The molecule has 2 aliphatic heterocycles. The summed E-state index contributed by atoms with van der Waals surface area (Å²) in [5, 5.41) is 4.91. The van der Waals surface area contributed by atoms with Crippen molar-refractivity contribution in [2.75, 3.05) is 177 Å². The van der Waals surface area contributed by atoms with Crippen LogP contribution in [0, 0.1) is 0 Å². The van der Waals surface area contributed by atoms with E-state index in [9.17, 15) is 28.8 Å². The average Bonchev–Trinajstić information content (AvgIpc) is 3.59. The van der Waals surface area contributed by atoms with Crippen LogP contribution >= 0.6 is 0 Å². The van der Waals surface area contributed by atoms with Gasteiger partial charge >= 0.3 is 5.97 Å². The number of nitrogens with zero attached hydrogens (tertiary/aromatic N) is 1. The van der Waals surface area contributed by atoms with Crippen molar-refractivity contribution in [3.05, 3.63) is 29.3 Å². The van der Waals surface area contributed by atoms with E-state index in [2.05, 4.69) is 10.6 Å². The summed E-state index contributed by atoms with van der Waals surface area (Å²) in [6, 6.07) is 3.52. The molecule has 0 radical (unpaired) electrons. The highest BCUT2D eigenvalue weighted by Gasteiger charge is 2.45. The third-order valence-corrected chi connectivity index (χ3v) is 10.0. The molecule has 1 atom stereocenters. The van der Waals surface area contributed by atoms with Gasteiger partial charge in [0, 0.05) is 19.4 Å². The second kappa shape index (κ2) is 39.4. The van der Waals surface area contributed by atoms with Crippen LogP contribution in [0.3, 0.4) is 0 Å². The molecule has 1 aromatic carbocycles. The molecule has 2 aliphatic rings. The number of unbranched alkanes of at least 4 members (excludes halogenated alkanes) is 2. The van der Waals surface area contributed by atoms with E-state index in [4.69, 9.17) is 66.3 Å². The van der Waals surface area contributed by atoms with Crippen LogP contribution in [0.25, 0.3) is 0 Å². The fraction of sp³-hybridized carbons (Fsp3) is 0.755. The third kappa shape index (κ3) is 29.0. The molecule has 0 aliphatic carbocycles. The molecule has 410 valence electrons. The summed E-state index contributed by atoms with van der Waals surface area (Å²) in [6.07, 6.45) is 2.41. The topological polar surface area (TPSA) is 259 Å². The molecule has 23 heteroatoms. The fourth-order valence-electron chi connectivity index (χ4n) is 6.66. The molecule has 23 nitrogen and oxygen atoms in total. The molecule has 1 fully saturated rings.